The Morgan fingerprint density at radius 2 is 2.03 bits per heavy atom. The van der Waals surface area contributed by atoms with Crippen LogP contribution >= 0.6 is 22.7 Å². The van der Waals surface area contributed by atoms with Gasteiger partial charge in [0.1, 0.15) is 9.77 Å². The fourth-order valence-corrected chi connectivity index (χ4v) is 6.96. The maximum Gasteiger partial charge on any atom is 0.349 e. The van der Waals surface area contributed by atoms with Gasteiger partial charge in [0, 0.05) is 17.8 Å². The normalized spacial score (nSPS) is 14.1. The Labute approximate surface area is 186 Å². The Morgan fingerprint density at radius 1 is 1.26 bits per heavy atom. The van der Waals surface area contributed by atoms with Gasteiger partial charge >= 0.3 is 5.97 Å². The molecular weight excluding hydrogens is 460 g/mol. The Hall–Kier alpha value is -2.80. The maximum atomic E-state index is 13.1. The first-order valence-corrected chi connectivity index (χ1v) is 12.2. The molecule has 9 nitrogen and oxygen atoms in total. The molecule has 0 spiro atoms. The smallest absolute Gasteiger partial charge is 0.349 e. The summed E-state index contributed by atoms with van der Waals surface area (Å²) >= 11 is 2.16. The molecule has 3 aromatic rings. The molecule has 0 fully saturated rings. The molecule has 0 saturated heterocycles. The minimum absolute atomic E-state index is 0.0399. The SMILES string of the molecule is COC(=O)c1sccc1S(=O)(=O)N1CCc2nc(C(=O)Nc3ccccc3N)sc2C1. The van der Waals surface area contributed by atoms with Crippen molar-refractivity contribution in [1.29, 1.82) is 0 Å². The van der Waals surface area contributed by atoms with Crippen molar-refractivity contribution in [2.45, 2.75) is 17.9 Å². The monoisotopic (exact) mass is 478 g/mol. The summed E-state index contributed by atoms with van der Waals surface area (Å²) in [5.74, 6) is -1.10. The molecule has 1 aromatic carbocycles. The van der Waals surface area contributed by atoms with Crippen LogP contribution in [0.25, 0.3) is 0 Å². The van der Waals surface area contributed by atoms with Crippen molar-refractivity contribution >= 4 is 55.9 Å². The molecule has 12 heteroatoms. The topological polar surface area (TPSA) is 132 Å². The van der Waals surface area contributed by atoms with E-state index in [0.717, 1.165) is 22.7 Å². The number of hydrogen-bond donors (Lipinski definition) is 2. The number of methoxy groups -OCH3 is 1. The van der Waals surface area contributed by atoms with E-state index in [1.807, 2.05) is 0 Å². The number of esters is 1. The van der Waals surface area contributed by atoms with Gasteiger partial charge in [-0.1, -0.05) is 12.1 Å². The fraction of sp³-hybridized carbons (Fsp3) is 0.211. The van der Waals surface area contributed by atoms with Crippen LogP contribution in [0.2, 0.25) is 0 Å². The van der Waals surface area contributed by atoms with Crippen LogP contribution in [-0.4, -0.2) is 43.2 Å². The van der Waals surface area contributed by atoms with Gasteiger partial charge in [-0.3, -0.25) is 4.79 Å². The van der Waals surface area contributed by atoms with Crippen LogP contribution in [0.15, 0.2) is 40.6 Å². The molecule has 3 heterocycles. The van der Waals surface area contributed by atoms with E-state index in [2.05, 4.69) is 15.0 Å². The number of rotatable bonds is 5. The van der Waals surface area contributed by atoms with Gasteiger partial charge in [0.05, 0.1) is 30.7 Å². The lowest BCUT2D eigenvalue weighted by Crippen LogP contribution is -2.36. The lowest BCUT2D eigenvalue weighted by molar-refractivity contribution is 0.0602. The number of thiophene rings is 1. The van der Waals surface area contributed by atoms with Gasteiger partial charge in [0.2, 0.25) is 10.0 Å². The van der Waals surface area contributed by atoms with E-state index in [4.69, 9.17) is 5.73 Å². The van der Waals surface area contributed by atoms with Gasteiger partial charge in [-0.2, -0.15) is 4.31 Å². The molecule has 162 valence electrons. The number of sulfonamides is 1. The van der Waals surface area contributed by atoms with Crippen LogP contribution in [0.5, 0.6) is 0 Å². The van der Waals surface area contributed by atoms with Gasteiger partial charge < -0.3 is 15.8 Å². The van der Waals surface area contributed by atoms with Crippen LogP contribution < -0.4 is 11.1 Å². The molecule has 31 heavy (non-hydrogen) atoms. The second-order valence-electron chi connectivity index (χ2n) is 6.62. The first-order chi connectivity index (χ1) is 14.8. The number of fused-ring (bicyclic) bond motifs is 1. The molecule has 0 radical (unpaired) electrons. The van der Waals surface area contributed by atoms with Crippen molar-refractivity contribution < 1.29 is 22.7 Å². The number of para-hydroxylation sites is 2. The van der Waals surface area contributed by atoms with Gasteiger partial charge in [-0.15, -0.1) is 22.7 Å². The van der Waals surface area contributed by atoms with Gasteiger partial charge in [-0.05, 0) is 23.6 Å². The van der Waals surface area contributed by atoms with Crippen molar-refractivity contribution in [2.75, 3.05) is 24.7 Å². The average Bonchev–Trinajstić information content (AvgIpc) is 3.42. The molecule has 0 atom stereocenters. The summed E-state index contributed by atoms with van der Waals surface area (Å²) in [6.07, 6.45) is 0.365. The first kappa shape index (κ1) is 21.4. The number of benzene rings is 1. The minimum Gasteiger partial charge on any atom is -0.465 e. The number of aromatic nitrogens is 1. The Morgan fingerprint density at radius 3 is 2.77 bits per heavy atom. The zero-order chi connectivity index (χ0) is 22.2. The predicted octanol–water partition coefficient (Wildman–Crippen LogP) is 2.57. The van der Waals surface area contributed by atoms with Crippen molar-refractivity contribution in [1.82, 2.24) is 9.29 Å². The van der Waals surface area contributed by atoms with E-state index < -0.39 is 21.9 Å². The fourth-order valence-electron chi connectivity index (χ4n) is 3.14. The van der Waals surface area contributed by atoms with E-state index in [1.165, 1.54) is 17.5 Å². The molecule has 1 aliphatic rings. The van der Waals surface area contributed by atoms with E-state index >= 15 is 0 Å². The van der Waals surface area contributed by atoms with Crippen molar-refractivity contribution in [2.24, 2.45) is 0 Å². The number of carbonyl (C=O) groups excluding carboxylic acids is 2. The van der Waals surface area contributed by atoms with Crippen molar-refractivity contribution in [3.05, 3.63) is 56.2 Å². The van der Waals surface area contributed by atoms with Gasteiger partial charge in [0.25, 0.3) is 5.91 Å². The van der Waals surface area contributed by atoms with E-state index in [0.29, 0.717) is 28.4 Å². The summed E-state index contributed by atoms with van der Waals surface area (Å²) in [7, 11) is -2.70. The van der Waals surface area contributed by atoms with Gasteiger partial charge in [0.15, 0.2) is 5.01 Å². The number of nitrogens with one attached hydrogen (secondary N) is 1. The Bertz CT molecular complexity index is 1270. The highest BCUT2D eigenvalue weighted by atomic mass is 32.2. The van der Waals surface area contributed by atoms with Crippen LogP contribution in [0.3, 0.4) is 0 Å². The number of nitrogens with zero attached hydrogens (tertiary/aromatic N) is 2. The molecule has 2 aromatic heterocycles. The predicted molar refractivity (Wildman–Crippen MR) is 118 cm³/mol. The number of anilines is 2. The lowest BCUT2D eigenvalue weighted by Gasteiger charge is -2.25. The van der Waals surface area contributed by atoms with Crippen LogP contribution in [-0.2, 0) is 27.7 Å². The third-order valence-electron chi connectivity index (χ3n) is 4.72. The number of ether oxygens (including phenoxy) is 1. The summed E-state index contributed by atoms with van der Waals surface area (Å²) in [4.78, 5) is 29.6. The van der Waals surface area contributed by atoms with E-state index in [-0.39, 0.29) is 27.9 Å². The van der Waals surface area contributed by atoms with Crippen molar-refractivity contribution in [3.8, 4) is 0 Å². The first-order valence-electron chi connectivity index (χ1n) is 9.11. The summed E-state index contributed by atoms with van der Waals surface area (Å²) in [6.45, 7) is 0.273. The Balaban J connectivity index is 1.55. The van der Waals surface area contributed by atoms with Crippen LogP contribution in [0.4, 0.5) is 11.4 Å². The highest BCUT2D eigenvalue weighted by Gasteiger charge is 2.34. The average molecular weight is 479 g/mol. The lowest BCUT2D eigenvalue weighted by atomic mass is 10.2. The second kappa shape index (κ2) is 8.38. The number of amides is 1. The number of nitrogen functional groups attached to an aromatic ring is 1. The van der Waals surface area contributed by atoms with Gasteiger partial charge in [-0.25, -0.2) is 18.2 Å². The summed E-state index contributed by atoms with van der Waals surface area (Å²) in [6, 6.07) is 8.29. The molecule has 1 aliphatic heterocycles. The molecule has 3 N–H and O–H groups in total. The molecule has 1 amide bonds. The minimum atomic E-state index is -3.91. The van der Waals surface area contributed by atoms with E-state index in [1.54, 1.807) is 29.6 Å². The number of carbonyl (C=O) groups is 2. The highest BCUT2D eigenvalue weighted by Crippen LogP contribution is 2.32. The number of nitrogens with two attached hydrogens (primary N) is 1. The summed E-state index contributed by atoms with van der Waals surface area (Å²) in [5.41, 5.74) is 7.48. The maximum absolute atomic E-state index is 13.1. The highest BCUT2D eigenvalue weighted by molar-refractivity contribution is 7.89. The van der Waals surface area contributed by atoms with E-state index in [9.17, 15) is 18.0 Å². The van der Waals surface area contributed by atoms with Crippen molar-refractivity contribution in [3.63, 3.8) is 0 Å². The molecular formula is C19H18N4O5S3. The molecule has 4 rings (SSSR count). The largest absolute Gasteiger partial charge is 0.465 e. The third kappa shape index (κ3) is 4.06. The third-order valence-corrected chi connectivity index (χ3v) is 8.71. The Kier molecular flexibility index (Phi) is 5.79. The number of thiazole rings is 1. The van der Waals surface area contributed by atoms with Crippen LogP contribution in [0, 0.1) is 0 Å². The molecule has 0 unspecified atom stereocenters. The zero-order valence-electron chi connectivity index (χ0n) is 16.3. The second-order valence-corrected chi connectivity index (χ2v) is 10.5. The summed E-state index contributed by atoms with van der Waals surface area (Å²) in [5, 5.41) is 4.50. The molecule has 0 aliphatic carbocycles. The quantitative estimate of drug-likeness (QED) is 0.425. The molecule has 0 bridgehead atoms. The zero-order valence-corrected chi connectivity index (χ0v) is 18.8. The summed E-state index contributed by atoms with van der Waals surface area (Å²) < 4.78 is 32.2. The molecule has 0 saturated carbocycles. The van der Waals surface area contributed by atoms with Crippen LogP contribution in [0.1, 0.15) is 30.0 Å². The standard InChI is InChI=1S/C19H18N4O5S3/c1-28-19(25)16-15(7-9-29-16)31(26,27)23-8-6-13-14(10-23)30-18(22-13)17(24)21-12-5-3-2-4-11(12)20/h2-5,7,9H,6,8,10,20H2,1H3,(H,21,24). The number of hydrogen-bond acceptors (Lipinski definition) is 9.